The lowest BCUT2D eigenvalue weighted by molar-refractivity contribution is 0.383. The Hall–Kier alpha value is -2.06. The lowest BCUT2D eigenvalue weighted by Gasteiger charge is -2.01. The molecule has 1 aromatic heterocycles. The normalized spacial score (nSPS) is 11.0. The molecule has 0 unspecified atom stereocenters. The van der Waals surface area contributed by atoms with Crippen molar-refractivity contribution in [1.82, 2.24) is 10.1 Å². The summed E-state index contributed by atoms with van der Waals surface area (Å²) in [5.74, 6) is 5.73. The maximum Gasteiger partial charge on any atom is 0.279 e. The molecule has 24 heavy (non-hydrogen) atoms. The first kappa shape index (κ1) is 16.8. The third kappa shape index (κ3) is 4.07. The van der Waals surface area contributed by atoms with Gasteiger partial charge in [-0.3, -0.25) is 0 Å². The van der Waals surface area contributed by atoms with Gasteiger partial charge in [0.25, 0.3) is 9.68 Å². The summed E-state index contributed by atoms with van der Waals surface area (Å²) in [4.78, 5) is 4.03. The number of rotatable bonds is 1. The van der Waals surface area contributed by atoms with Crippen molar-refractivity contribution in [3.63, 3.8) is 0 Å². The Morgan fingerprint density at radius 1 is 0.958 bits per heavy atom. The SMILES string of the molecule is Fc1cccc(C#Cc2ccc(-c3noc(C(Cl)(Cl)Cl)n3)cc2)c1. The number of alkyl halides is 3. The van der Waals surface area contributed by atoms with Gasteiger partial charge in [0.15, 0.2) is 0 Å². The summed E-state index contributed by atoms with van der Waals surface area (Å²) in [6.07, 6.45) is 0. The van der Waals surface area contributed by atoms with Crippen LogP contribution in [0.25, 0.3) is 11.4 Å². The predicted molar refractivity (Wildman–Crippen MR) is 91.4 cm³/mol. The van der Waals surface area contributed by atoms with Crippen molar-refractivity contribution in [1.29, 1.82) is 0 Å². The van der Waals surface area contributed by atoms with Crippen LogP contribution >= 0.6 is 34.8 Å². The van der Waals surface area contributed by atoms with Gasteiger partial charge in [-0.05, 0) is 42.5 Å². The van der Waals surface area contributed by atoms with Crippen LogP contribution in [0, 0.1) is 17.7 Å². The third-order valence-corrected chi connectivity index (χ3v) is 3.47. The molecule has 0 saturated carbocycles. The zero-order chi connectivity index (χ0) is 17.2. The highest BCUT2D eigenvalue weighted by molar-refractivity contribution is 6.66. The number of aromatic nitrogens is 2. The highest BCUT2D eigenvalue weighted by Gasteiger charge is 2.30. The number of hydrogen-bond acceptors (Lipinski definition) is 3. The van der Waals surface area contributed by atoms with E-state index in [1.807, 2.05) is 0 Å². The first-order valence-corrected chi connectivity index (χ1v) is 7.84. The fraction of sp³-hybridized carbons (Fsp3) is 0.0588. The van der Waals surface area contributed by atoms with Gasteiger partial charge in [-0.25, -0.2) is 4.39 Å². The molecule has 0 atom stereocenters. The van der Waals surface area contributed by atoms with Crippen LogP contribution in [0.5, 0.6) is 0 Å². The van der Waals surface area contributed by atoms with E-state index < -0.39 is 3.79 Å². The predicted octanol–water partition coefficient (Wildman–Crippen LogP) is 5.10. The topological polar surface area (TPSA) is 38.9 Å². The van der Waals surface area contributed by atoms with E-state index in [0.29, 0.717) is 17.0 Å². The molecular weight excluding hydrogens is 374 g/mol. The standard InChI is InChI=1S/C17H8Cl3FN2O/c18-17(19,20)16-22-15(23-24-16)13-8-6-11(7-9-13)4-5-12-2-1-3-14(21)10-12/h1-3,6-10H. The summed E-state index contributed by atoms with van der Waals surface area (Å²) in [5, 5.41) is 3.77. The summed E-state index contributed by atoms with van der Waals surface area (Å²) in [6.45, 7) is 0. The smallest absolute Gasteiger partial charge is 0.279 e. The average molecular weight is 382 g/mol. The molecule has 0 N–H and O–H groups in total. The molecule has 3 aromatic rings. The van der Waals surface area contributed by atoms with Gasteiger partial charge >= 0.3 is 0 Å². The van der Waals surface area contributed by atoms with Crippen LogP contribution in [-0.4, -0.2) is 10.1 Å². The van der Waals surface area contributed by atoms with Crippen molar-refractivity contribution in [3.8, 4) is 23.2 Å². The Kier molecular flexibility index (Phi) is 4.77. The molecule has 3 nitrogen and oxygen atoms in total. The lowest BCUT2D eigenvalue weighted by Crippen LogP contribution is -1.99. The van der Waals surface area contributed by atoms with Crippen molar-refractivity contribution in [2.45, 2.75) is 3.79 Å². The molecule has 0 saturated heterocycles. The van der Waals surface area contributed by atoms with Gasteiger partial charge in [-0.15, -0.1) is 0 Å². The van der Waals surface area contributed by atoms with Gasteiger partial charge in [0.1, 0.15) is 5.82 Å². The molecule has 0 aliphatic heterocycles. The minimum Gasteiger partial charge on any atom is -0.334 e. The third-order valence-electron chi connectivity index (χ3n) is 2.99. The fourth-order valence-electron chi connectivity index (χ4n) is 1.87. The molecule has 0 bridgehead atoms. The van der Waals surface area contributed by atoms with Crippen molar-refractivity contribution in [3.05, 3.63) is 71.4 Å². The first-order chi connectivity index (χ1) is 11.4. The Labute approximate surface area is 152 Å². The van der Waals surface area contributed by atoms with E-state index >= 15 is 0 Å². The average Bonchev–Trinajstić information content (AvgIpc) is 3.04. The molecule has 0 aliphatic carbocycles. The van der Waals surface area contributed by atoms with Crippen LogP contribution in [0.2, 0.25) is 0 Å². The van der Waals surface area contributed by atoms with E-state index in [0.717, 1.165) is 5.56 Å². The summed E-state index contributed by atoms with van der Waals surface area (Å²) in [5.41, 5.74) is 2.05. The van der Waals surface area contributed by atoms with Gasteiger partial charge < -0.3 is 4.52 Å². The lowest BCUT2D eigenvalue weighted by atomic mass is 10.1. The van der Waals surface area contributed by atoms with Gasteiger partial charge in [-0.2, -0.15) is 4.98 Å². The molecule has 0 radical (unpaired) electrons. The Bertz CT molecular complexity index is 921. The van der Waals surface area contributed by atoms with Crippen LogP contribution in [-0.2, 0) is 3.79 Å². The largest absolute Gasteiger partial charge is 0.334 e. The van der Waals surface area contributed by atoms with E-state index in [1.54, 1.807) is 36.4 Å². The Morgan fingerprint density at radius 3 is 2.29 bits per heavy atom. The zero-order valence-corrected chi connectivity index (χ0v) is 14.2. The van der Waals surface area contributed by atoms with Gasteiger partial charge in [0.05, 0.1) is 0 Å². The monoisotopic (exact) mass is 380 g/mol. The minimum absolute atomic E-state index is 0.0996. The van der Waals surface area contributed by atoms with Crippen molar-refractivity contribution < 1.29 is 8.91 Å². The fourth-order valence-corrected chi connectivity index (χ4v) is 2.10. The van der Waals surface area contributed by atoms with Crippen molar-refractivity contribution in [2.75, 3.05) is 0 Å². The highest BCUT2D eigenvalue weighted by Crippen LogP contribution is 2.37. The van der Waals surface area contributed by atoms with E-state index in [2.05, 4.69) is 22.0 Å². The van der Waals surface area contributed by atoms with Crippen LogP contribution in [0.1, 0.15) is 17.0 Å². The summed E-state index contributed by atoms with van der Waals surface area (Å²) in [7, 11) is 0. The van der Waals surface area contributed by atoms with Crippen LogP contribution < -0.4 is 0 Å². The van der Waals surface area contributed by atoms with E-state index in [-0.39, 0.29) is 11.7 Å². The molecular formula is C17H8Cl3FN2O. The maximum absolute atomic E-state index is 13.1. The molecule has 120 valence electrons. The molecule has 0 fully saturated rings. The first-order valence-electron chi connectivity index (χ1n) is 6.71. The van der Waals surface area contributed by atoms with Crippen molar-refractivity contribution >= 4 is 34.8 Å². The highest BCUT2D eigenvalue weighted by atomic mass is 35.6. The van der Waals surface area contributed by atoms with Gasteiger partial charge in [0.2, 0.25) is 5.82 Å². The van der Waals surface area contributed by atoms with Gasteiger partial charge in [0, 0.05) is 16.7 Å². The number of nitrogens with zero attached hydrogens (tertiary/aromatic N) is 2. The second-order valence-corrected chi connectivity index (χ2v) is 7.04. The summed E-state index contributed by atoms with van der Waals surface area (Å²) in [6, 6.07) is 13.2. The molecule has 2 aromatic carbocycles. The number of benzene rings is 2. The summed E-state index contributed by atoms with van der Waals surface area (Å²) >= 11 is 17.1. The van der Waals surface area contributed by atoms with Gasteiger partial charge in [-0.1, -0.05) is 57.9 Å². The second-order valence-electron chi connectivity index (χ2n) is 4.76. The minimum atomic E-state index is -1.76. The molecule has 0 amide bonds. The molecule has 1 heterocycles. The Morgan fingerprint density at radius 2 is 1.67 bits per heavy atom. The quantitative estimate of drug-likeness (QED) is 0.435. The van der Waals surface area contributed by atoms with Crippen LogP contribution in [0.3, 0.4) is 0 Å². The Balaban J connectivity index is 1.80. The number of hydrogen-bond donors (Lipinski definition) is 0. The maximum atomic E-state index is 13.1. The van der Waals surface area contributed by atoms with E-state index in [1.165, 1.54) is 12.1 Å². The van der Waals surface area contributed by atoms with Crippen LogP contribution in [0.4, 0.5) is 4.39 Å². The van der Waals surface area contributed by atoms with Crippen molar-refractivity contribution in [2.24, 2.45) is 0 Å². The van der Waals surface area contributed by atoms with E-state index in [4.69, 9.17) is 39.3 Å². The summed E-state index contributed by atoms with van der Waals surface area (Å²) < 4.78 is 16.2. The van der Waals surface area contributed by atoms with Crippen LogP contribution in [0.15, 0.2) is 53.1 Å². The van der Waals surface area contributed by atoms with E-state index in [9.17, 15) is 4.39 Å². The molecule has 3 rings (SSSR count). The zero-order valence-electron chi connectivity index (χ0n) is 11.9. The molecule has 7 heteroatoms. The number of halogens is 4. The second kappa shape index (κ2) is 6.82. The molecule has 0 spiro atoms. The molecule has 0 aliphatic rings.